The monoisotopic (exact) mass is 330 g/mol. The van der Waals surface area contributed by atoms with Crippen LogP contribution in [0, 0.1) is 0 Å². The van der Waals surface area contributed by atoms with E-state index in [0.717, 1.165) is 12.8 Å². The van der Waals surface area contributed by atoms with E-state index in [1.807, 2.05) is 0 Å². The molecule has 21 heavy (non-hydrogen) atoms. The zero-order valence-corrected chi connectivity index (χ0v) is 12.8. The SMILES string of the molecule is O=C(O)CC1CCCCN1C(=O)Nc1ccc(Cl)cc1Cl. The van der Waals surface area contributed by atoms with Crippen molar-refractivity contribution >= 4 is 40.9 Å². The van der Waals surface area contributed by atoms with Gasteiger partial charge in [0.05, 0.1) is 17.1 Å². The Kier molecular flexibility index (Phi) is 5.31. The number of hydrogen-bond acceptors (Lipinski definition) is 2. The molecule has 1 unspecified atom stereocenters. The number of benzene rings is 1. The van der Waals surface area contributed by atoms with Crippen molar-refractivity contribution in [3.63, 3.8) is 0 Å². The summed E-state index contributed by atoms with van der Waals surface area (Å²) >= 11 is 11.8. The molecule has 5 nitrogen and oxygen atoms in total. The molecular formula is C14H16Cl2N2O3. The Morgan fingerprint density at radius 3 is 2.76 bits per heavy atom. The highest BCUT2D eigenvalue weighted by atomic mass is 35.5. The van der Waals surface area contributed by atoms with E-state index in [2.05, 4.69) is 5.32 Å². The summed E-state index contributed by atoms with van der Waals surface area (Å²) in [5.41, 5.74) is 0.464. The zero-order chi connectivity index (χ0) is 15.4. The van der Waals surface area contributed by atoms with Gasteiger partial charge in [0.1, 0.15) is 0 Å². The van der Waals surface area contributed by atoms with E-state index in [1.165, 1.54) is 0 Å². The normalized spacial score (nSPS) is 18.4. The molecule has 0 bridgehead atoms. The Balaban J connectivity index is 2.08. The van der Waals surface area contributed by atoms with E-state index in [1.54, 1.807) is 23.1 Å². The quantitative estimate of drug-likeness (QED) is 0.884. The van der Waals surface area contributed by atoms with Crippen molar-refractivity contribution in [2.24, 2.45) is 0 Å². The molecule has 1 aromatic carbocycles. The highest BCUT2D eigenvalue weighted by Gasteiger charge is 2.28. The number of carboxylic acid groups (broad SMARTS) is 1. The van der Waals surface area contributed by atoms with Gasteiger partial charge in [-0.3, -0.25) is 4.79 Å². The van der Waals surface area contributed by atoms with Gasteiger partial charge in [-0.15, -0.1) is 0 Å². The lowest BCUT2D eigenvalue weighted by Crippen LogP contribution is -2.46. The lowest BCUT2D eigenvalue weighted by atomic mass is 10.00. The van der Waals surface area contributed by atoms with Crippen LogP contribution in [-0.4, -0.2) is 34.6 Å². The van der Waals surface area contributed by atoms with Gasteiger partial charge in [-0.05, 0) is 37.5 Å². The van der Waals surface area contributed by atoms with Crippen LogP contribution in [0.3, 0.4) is 0 Å². The third kappa shape index (κ3) is 4.25. The van der Waals surface area contributed by atoms with Crippen LogP contribution in [0.5, 0.6) is 0 Å². The number of nitrogens with one attached hydrogen (secondary N) is 1. The number of likely N-dealkylation sites (tertiary alicyclic amines) is 1. The topological polar surface area (TPSA) is 69.6 Å². The average molecular weight is 331 g/mol. The second kappa shape index (κ2) is 7.00. The van der Waals surface area contributed by atoms with Crippen molar-refractivity contribution in [3.05, 3.63) is 28.2 Å². The molecule has 1 aliphatic heterocycles. The molecule has 2 rings (SSSR count). The predicted molar refractivity (Wildman–Crippen MR) is 82.1 cm³/mol. The van der Waals surface area contributed by atoms with Crippen LogP contribution in [0.2, 0.25) is 10.0 Å². The van der Waals surface area contributed by atoms with Gasteiger partial charge >= 0.3 is 12.0 Å². The van der Waals surface area contributed by atoms with Crippen LogP contribution in [-0.2, 0) is 4.79 Å². The second-order valence-electron chi connectivity index (χ2n) is 5.00. The number of carboxylic acids is 1. The lowest BCUT2D eigenvalue weighted by molar-refractivity contribution is -0.138. The van der Waals surface area contributed by atoms with E-state index in [0.29, 0.717) is 28.7 Å². The van der Waals surface area contributed by atoms with Crippen molar-refractivity contribution in [3.8, 4) is 0 Å². The van der Waals surface area contributed by atoms with Gasteiger partial charge in [-0.1, -0.05) is 23.2 Å². The van der Waals surface area contributed by atoms with Crippen molar-refractivity contribution in [2.45, 2.75) is 31.7 Å². The molecule has 1 aliphatic rings. The molecule has 0 spiro atoms. The number of hydrogen-bond donors (Lipinski definition) is 2. The summed E-state index contributed by atoms with van der Waals surface area (Å²) in [4.78, 5) is 24.8. The smallest absolute Gasteiger partial charge is 0.322 e. The maximum atomic E-state index is 12.3. The number of anilines is 1. The number of carbonyl (C=O) groups is 2. The van der Waals surface area contributed by atoms with Crippen LogP contribution in [0.4, 0.5) is 10.5 Å². The number of carbonyl (C=O) groups excluding carboxylic acids is 1. The molecule has 1 saturated heterocycles. The van der Waals surface area contributed by atoms with Gasteiger partial charge in [0.2, 0.25) is 0 Å². The zero-order valence-electron chi connectivity index (χ0n) is 11.3. The minimum atomic E-state index is -0.899. The summed E-state index contributed by atoms with van der Waals surface area (Å²) in [6.45, 7) is 0.551. The Morgan fingerprint density at radius 2 is 2.10 bits per heavy atom. The first-order chi connectivity index (χ1) is 9.97. The predicted octanol–water partition coefficient (Wildman–Crippen LogP) is 3.85. The molecule has 1 atom stereocenters. The first-order valence-electron chi connectivity index (χ1n) is 6.72. The molecule has 2 amide bonds. The van der Waals surface area contributed by atoms with E-state index >= 15 is 0 Å². The molecule has 114 valence electrons. The largest absolute Gasteiger partial charge is 0.481 e. The van der Waals surface area contributed by atoms with E-state index in [9.17, 15) is 9.59 Å². The highest BCUT2D eigenvalue weighted by molar-refractivity contribution is 6.36. The molecule has 0 saturated carbocycles. The Bertz CT molecular complexity index is 551. The minimum absolute atomic E-state index is 0.0399. The maximum absolute atomic E-state index is 12.3. The minimum Gasteiger partial charge on any atom is -0.481 e. The van der Waals surface area contributed by atoms with Crippen molar-refractivity contribution < 1.29 is 14.7 Å². The Hall–Kier alpha value is -1.46. The van der Waals surface area contributed by atoms with Crippen molar-refractivity contribution in [2.75, 3.05) is 11.9 Å². The standard InChI is InChI=1S/C14H16Cl2N2O3/c15-9-4-5-12(11(16)7-9)17-14(21)18-6-2-1-3-10(18)8-13(19)20/h4-5,7,10H,1-3,6,8H2,(H,17,21)(H,19,20). The van der Waals surface area contributed by atoms with Gasteiger partial charge in [-0.25, -0.2) is 4.79 Å². The molecule has 1 heterocycles. The number of nitrogens with zero attached hydrogens (tertiary/aromatic N) is 1. The first kappa shape index (κ1) is 15.9. The third-order valence-electron chi connectivity index (χ3n) is 3.47. The van der Waals surface area contributed by atoms with E-state index in [4.69, 9.17) is 28.3 Å². The van der Waals surface area contributed by atoms with Crippen LogP contribution in [0.1, 0.15) is 25.7 Å². The number of rotatable bonds is 3. The average Bonchev–Trinajstić information content (AvgIpc) is 2.42. The summed E-state index contributed by atoms with van der Waals surface area (Å²) in [5.74, 6) is -0.899. The van der Waals surface area contributed by atoms with E-state index < -0.39 is 5.97 Å². The number of piperidine rings is 1. The van der Waals surface area contributed by atoms with Crippen molar-refractivity contribution in [1.82, 2.24) is 4.90 Å². The van der Waals surface area contributed by atoms with Gasteiger partial charge in [0, 0.05) is 17.6 Å². The fraction of sp³-hybridized carbons (Fsp3) is 0.429. The molecule has 0 aliphatic carbocycles. The first-order valence-corrected chi connectivity index (χ1v) is 7.47. The Labute approximate surface area is 132 Å². The van der Waals surface area contributed by atoms with Gasteiger partial charge < -0.3 is 15.3 Å². The summed E-state index contributed by atoms with van der Waals surface area (Å²) in [6, 6.07) is 4.20. The fourth-order valence-electron chi connectivity index (χ4n) is 2.46. The van der Waals surface area contributed by atoms with Crippen LogP contribution >= 0.6 is 23.2 Å². The molecule has 0 aromatic heterocycles. The van der Waals surface area contributed by atoms with E-state index in [-0.39, 0.29) is 18.5 Å². The van der Waals surface area contributed by atoms with Gasteiger partial charge in [-0.2, -0.15) is 0 Å². The summed E-state index contributed by atoms with van der Waals surface area (Å²) in [6.07, 6.45) is 2.47. The maximum Gasteiger partial charge on any atom is 0.322 e. The Morgan fingerprint density at radius 1 is 1.33 bits per heavy atom. The molecule has 1 aromatic rings. The number of urea groups is 1. The second-order valence-corrected chi connectivity index (χ2v) is 5.84. The van der Waals surface area contributed by atoms with Crippen LogP contribution in [0.15, 0.2) is 18.2 Å². The lowest BCUT2D eigenvalue weighted by Gasteiger charge is -2.35. The number of halogens is 2. The van der Waals surface area contributed by atoms with Gasteiger partial charge in [0.15, 0.2) is 0 Å². The summed E-state index contributed by atoms with van der Waals surface area (Å²) in [7, 11) is 0. The molecular weight excluding hydrogens is 315 g/mol. The third-order valence-corrected chi connectivity index (χ3v) is 4.02. The number of amides is 2. The summed E-state index contributed by atoms with van der Waals surface area (Å²) < 4.78 is 0. The number of aliphatic carboxylic acids is 1. The molecule has 2 N–H and O–H groups in total. The summed E-state index contributed by atoms with van der Waals surface area (Å²) in [5, 5.41) is 12.5. The molecule has 7 heteroatoms. The fourth-order valence-corrected chi connectivity index (χ4v) is 2.92. The highest BCUT2D eigenvalue weighted by Crippen LogP contribution is 2.27. The van der Waals surface area contributed by atoms with Gasteiger partial charge in [0.25, 0.3) is 0 Å². The molecule has 1 fully saturated rings. The van der Waals surface area contributed by atoms with Crippen molar-refractivity contribution in [1.29, 1.82) is 0 Å². The van der Waals surface area contributed by atoms with Crippen LogP contribution in [0.25, 0.3) is 0 Å². The molecule has 0 radical (unpaired) electrons. The van der Waals surface area contributed by atoms with Crippen LogP contribution < -0.4 is 5.32 Å².